The number of hydrogen-bond donors (Lipinski definition) is 1. The minimum atomic E-state index is -0.156. The van der Waals surface area contributed by atoms with E-state index in [0.717, 1.165) is 12.1 Å². The monoisotopic (exact) mass is 208 g/mol. The smallest absolute Gasteiger partial charge is 0.307 e. The zero-order valence-corrected chi connectivity index (χ0v) is 8.90. The van der Waals surface area contributed by atoms with Crippen molar-refractivity contribution in [3.63, 3.8) is 0 Å². The minimum absolute atomic E-state index is 0.156. The van der Waals surface area contributed by atoms with Crippen LogP contribution in [0, 0.1) is 0 Å². The van der Waals surface area contributed by atoms with E-state index >= 15 is 0 Å². The Labute approximate surface area is 89.7 Å². The van der Waals surface area contributed by atoms with Crippen LogP contribution in [0.5, 0.6) is 0 Å². The van der Waals surface area contributed by atoms with Gasteiger partial charge in [-0.25, -0.2) is 0 Å². The fourth-order valence-electron chi connectivity index (χ4n) is 1.16. The van der Waals surface area contributed by atoms with Gasteiger partial charge in [-0.05, 0) is 18.6 Å². The number of carbonyl (C=O) groups excluding carboxylic acids is 1. The lowest BCUT2D eigenvalue weighted by atomic mass is 10.3. The van der Waals surface area contributed by atoms with Crippen molar-refractivity contribution >= 4 is 5.97 Å². The van der Waals surface area contributed by atoms with Gasteiger partial charge in [0, 0.05) is 25.5 Å². The number of aromatic nitrogens is 1. The predicted octanol–water partition coefficient (Wildman–Crippen LogP) is 1.12. The average molecular weight is 208 g/mol. The van der Waals surface area contributed by atoms with Gasteiger partial charge in [0.15, 0.2) is 0 Å². The van der Waals surface area contributed by atoms with Crippen molar-refractivity contribution in [3.05, 3.63) is 30.1 Å². The molecule has 0 fully saturated rings. The van der Waals surface area contributed by atoms with Crippen LogP contribution in [0.1, 0.15) is 18.9 Å². The van der Waals surface area contributed by atoms with Crippen LogP contribution >= 0.6 is 0 Å². The molecule has 82 valence electrons. The maximum absolute atomic E-state index is 11.0. The molecule has 15 heavy (non-hydrogen) atoms. The van der Waals surface area contributed by atoms with Crippen molar-refractivity contribution in [2.45, 2.75) is 19.9 Å². The molecule has 1 N–H and O–H groups in total. The first-order chi connectivity index (χ1) is 7.33. The van der Waals surface area contributed by atoms with E-state index in [0.29, 0.717) is 19.6 Å². The Morgan fingerprint density at radius 2 is 2.47 bits per heavy atom. The standard InChI is InChI=1S/C11H16N2O2/c1-2-15-11(14)5-7-13-9-10-4-3-6-12-8-10/h3-4,6,8,13H,2,5,7,9H2,1H3. The summed E-state index contributed by atoms with van der Waals surface area (Å²) >= 11 is 0. The zero-order chi connectivity index (χ0) is 10.9. The van der Waals surface area contributed by atoms with E-state index in [2.05, 4.69) is 10.3 Å². The van der Waals surface area contributed by atoms with Gasteiger partial charge in [-0.1, -0.05) is 6.07 Å². The molecule has 0 aliphatic rings. The third kappa shape index (κ3) is 5.12. The molecule has 0 atom stereocenters. The molecule has 4 heteroatoms. The second kappa shape index (κ2) is 6.95. The first-order valence-corrected chi connectivity index (χ1v) is 5.08. The van der Waals surface area contributed by atoms with E-state index in [-0.39, 0.29) is 5.97 Å². The van der Waals surface area contributed by atoms with Crippen LogP contribution in [0.25, 0.3) is 0 Å². The Hall–Kier alpha value is -1.42. The summed E-state index contributed by atoms with van der Waals surface area (Å²) < 4.78 is 4.80. The highest BCUT2D eigenvalue weighted by atomic mass is 16.5. The number of hydrogen-bond acceptors (Lipinski definition) is 4. The molecule has 0 radical (unpaired) electrons. The molecular formula is C11H16N2O2. The number of nitrogens with one attached hydrogen (secondary N) is 1. The van der Waals surface area contributed by atoms with Gasteiger partial charge in [0.25, 0.3) is 0 Å². The first-order valence-electron chi connectivity index (χ1n) is 5.08. The highest BCUT2D eigenvalue weighted by Crippen LogP contribution is 1.94. The molecule has 1 aromatic heterocycles. The van der Waals surface area contributed by atoms with E-state index in [4.69, 9.17) is 4.74 Å². The Bertz CT molecular complexity index is 288. The third-order valence-electron chi connectivity index (χ3n) is 1.86. The van der Waals surface area contributed by atoms with Gasteiger partial charge in [0.1, 0.15) is 0 Å². The number of nitrogens with zero attached hydrogens (tertiary/aromatic N) is 1. The number of esters is 1. The second-order valence-corrected chi connectivity index (χ2v) is 3.09. The molecule has 4 nitrogen and oxygen atoms in total. The van der Waals surface area contributed by atoms with Crippen LogP contribution in [0.2, 0.25) is 0 Å². The van der Waals surface area contributed by atoms with Gasteiger partial charge in [0.2, 0.25) is 0 Å². The summed E-state index contributed by atoms with van der Waals surface area (Å²) in [7, 11) is 0. The third-order valence-corrected chi connectivity index (χ3v) is 1.86. The molecule has 0 aliphatic heterocycles. The number of pyridine rings is 1. The summed E-state index contributed by atoms with van der Waals surface area (Å²) in [6, 6.07) is 3.88. The maximum atomic E-state index is 11.0. The summed E-state index contributed by atoms with van der Waals surface area (Å²) in [4.78, 5) is 15.0. The average Bonchev–Trinajstić information content (AvgIpc) is 2.26. The maximum Gasteiger partial charge on any atom is 0.307 e. The topological polar surface area (TPSA) is 51.2 Å². The van der Waals surface area contributed by atoms with E-state index < -0.39 is 0 Å². The van der Waals surface area contributed by atoms with E-state index in [1.54, 1.807) is 19.3 Å². The van der Waals surface area contributed by atoms with Gasteiger partial charge in [-0.2, -0.15) is 0 Å². The van der Waals surface area contributed by atoms with E-state index in [1.165, 1.54) is 0 Å². The molecule has 1 rings (SSSR count). The predicted molar refractivity (Wildman–Crippen MR) is 57.2 cm³/mol. The van der Waals surface area contributed by atoms with Crippen LogP contribution in [0.4, 0.5) is 0 Å². The van der Waals surface area contributed by atoms with Crippen LogP contribution < -0.4 is 5.32 Å². The summed E-state index contributed by atoms with van der Waals surface area (Å²) in [6.07, 6.45) is 3.95. The quantitative estimate of drug-likeness (QED) is 0.562. The molecule has 0 spiro atoms. The Kier molecular flexibility index (Phi) is 5.40. The van der Waals surface area contributed by atoms with E-state index in [9.17, 15) is 4.79 Å². The van der Waals surface area contributed by atoms with Gasteiger partial charge in [-0.15, -0.1) is 0 Å². The molecule has 0 unspecified atom stereocenters. The van der Waals surface area contributed by atoms with E-state index in [1.807, 2.05) is 12.1 Å². The van der Waals surface area contributed by atoms with Gasteiger partial charge < -0.3 is 10.1 Å². The van der Waals surface area contributed by atoms with Gasteiger partial charge in [-0.3, -0.25) is 9.78 Å². The van der Waals surface area contributed by atoms with Crippen LogP contribution in [0.15, 0.2) is 24.5 Å². The fraction of sp³-hybridized carbons (Fsp3) is 0.455. The lowest BCUT2D eigenvalue weighted by Crippen LogP contribution is -2.19. The van der Waals surface area contributed by atoms with Crippen molar-refractivity contribution in [2.24, 2.45) is 0 Å². The molecule has 1 heterocycles. The van der Waals surface area contributed by atoms with Crippen molar-refractivity contribution in [1.82, 2.24) is 10.3 Å². The molecule has 0 amide bonds. The van der Waals surface area contributed by atoms with Gasteiger partial charge >= 0.3 is 5.97 Å². The highest BCUT2D eigenvalue weighted by molar-refractivity contribution is 5.69. The summed E-state index contributed by atoms with van der Waals surface area (Å²) in [5.41, 5.74) is 1.11. The molecule has 1 aromatic rings. The SMILES string of the molecule is CCOC(=O)CCNCc1cccnc1. The Balaban J connectivity index is 2.10. The second-order valence-electron chi connectivity index (χ2n) is 3.09. The molecule has 0 aromatic carbocycles. The normalized spacial score (nSPS) is 9.93. The fourth-order valence-corrected chi connectivity index (χ4v) is 1.16. The van der Waals surface area contributed by atoms with Crippen molar-refractivity contribution in [2.75, 3.05) is 13.2 Å². The van der Waals surface area contributed by atoms with Crippen molar-refractivity contribution < 1.29 is 9.53 Å². The Morgan fingerprint density at radius 3 is 3.13 bits per heavy atom. The molecule has 0 saturated carbocycles. The van der Waals surface area contributed by atoms with Crippen molar-refractivity contribution in [3.8, 4) is 0 Å². The largest absolute Gasteiger partial charge is 0.466 e. The first kappa shape index (κ1) is 11.7. The minimum Gasteiger partial charge on any atom is -0.466 e. The van der Waals surface area contributed by atoms with Crippen LogP contribution in [-0.4, -0.2) is 24.1 Å². The number of rotatable bonds is 6. The highest BCUT2D eigenvalue weighted by Gasteiger charge is 1.99. The molecular weight excluding hydrogens is 192 g/mol. The molecule has 0 saturated heterocycles. The van der Waals surface area contributed by atoms with Crippen molar-refractivity contribution in [1.29, 1.82) is 0 Å². The number of ether oxygens (including phenoxy) is 1. The lowest BCUT2D eigenvalue weighted by molar-refractivity contribution is -0.142. The van der Waals surface area contributed by atoms with Crippen LogP contribution in [0.3, 0.4) is 0 Å². The summed E-state index contributed by atoms with van der Waals surface area (Å²) in [5.74, 6) is -0.156. The molecule has 0 aliphatic carbocycles. The van der Waals surface area contributed by atoms with Crippen LogP contribution in [-0.2, 0) is 16.1 Å². The Morgan fingerprint density at radius 1 is 1.60 bits per heavy atom. The zero-order valence-electron chi connectivity index (χ0n) is 8.90. The molecule has 0 bridgehead atoms. The lowest BCUT2D eigenvalue weighted by Gasteiger charge is -2.04. The summed E-state index contributed by atoms with van der Waals surface area (Å²) in [5, 5.41) is 3.15. The summed E-state index contributed by atoms with van der Waals surface area (Å²) in [6.45, 7) is 3.61. The number of carbonyl (C=O) groups is 1. The van der Waals surface area contributed by atoms with Gasteiger partial charge in [0.05, 0.1) is 13.0 Å².